The minimum Gasteiger partial charge on any atom is -0.497 e. The maximum Gasteiger partial charge on any atom is 0.230 e. The zero-order valence-corrected chi connectivity index (χ0v) is 16.6. The van der Waals surface area contributed by atoms with Crippen LogP contribution in [0.5, 0.6) is 5.75 Å². The summed E-state index contributed by atoms with van der Waals surface area (Å²) >= 11 is 0. The molecule has 146 valence electrons. The topological polar surface area (TPSA) is 32.8 Å². The molecule has 1 aliphatic carbocycles. The first kappa shape index (κ1) is 17.7. The quantitative estimate of drug-likeness (QED) is 0.809. The molecule has 1 spiro atoms. The molecule has 0 bridgehead atoms. The maximum atomic E-state index is 12.9. The third-order valence-corrected chi connectivity index (χ3v) is 6.78. The van der Waals surface area contributed by atoms with E-state index in [0.29, 0.717) is 5.91 Å². The summed E-state index contributed by atoms with van der Waals surface area (Å²) in [6.07, 6.45) is 4.29. The number of carbonyl (C=O) groups excluding carboxylic acids is 1. The maximum absolute atomic E-state index is 12.9. The van der Waals surface area contributed by atoms with Crippen molar-refractivity contribution in [2.75, 3.05) is 31.6 Å². The second-order valence-corrected chi connectivity index (χ2v) is 8.62. The van der Waals surface area contributed by atoms with Crippen molar-refractivity contribution in [3.8, 4) is 5.75 Å². The second-order valence-electron chi connectivity index (χ2n) is 8.62. The van der Waals surface area contributed by atoms with E-state index in [2.05, 4.69) is 52.3 Å². The van der Waals surface area contributed by atoms with Gasteiger partial charge >= 0.3 is 0 Å². The summed E-state index contributed by atoms with van der Waals surface area (Å²) < 4.78 is 5.52. The lowest BCUT2D eigenvalue weighted by Crippen LogP contribution is -2.46. The standard InChI is InChI=1S/C24H28N2O2/c1-28-20-9-10-22-21(15-20)24(17-26(22)23(27)19-7-8-19)11-13-25(14-12-24)16-18-5-3-2-4-6-18/h2-6,9-10,15,19H,7-8,11-14,16-17H2,1H3. The van der Waals surface area contributed by atoms with Gasteiger partial charge in [0.25, 0.3) is 0 Å². The number of likely N-dealkylation sites (tertiary alicyclic amines) is 1. The summed E-state index contributed by atoms with van der Waals surface area (Å²) in [5, 5.41) is 0. The normalized spacial score (nSPS) is 21.0. The predicted molar refractivity (Wildman–Crippen MR) is 111 cm³/mol. The van der Waals surface area contributed by atoms with Gasteiger partial charge in [-0.05, 0) is 68.1 Å². The molecule has 5 rings (SSSR count). The minimum absolute atomic E-state index is 0.0710. The van der Waals surface area contributed by atoms with Crippen LogP contribution in [-0.4, -0.2) is 37.6 Å². The van der Waals surface area contributed by atoms with Crippen molar-refractivity contribution in [1.82, 2.24) is 4.90 Å². The van der Waals surface area contributed by atoms with Crippen molar-refractivity contribution in [3.05, 3.63) is 59.7 Å². The first-order chi connectivity index (χ1) is 13.7. The Morgan fingerprint density at radius 2 is 1.86 bits per heavy atom. The lowest BCUT2D eigenvalue weighted by molar-refractivity contribution is -0.119. The average molecular weight is 377 g/mol. The fourth-order valence-corrected chi connectivity index (χ4v) is 4.93. The van der Waals surface area contributed by atoms with Crippen LogP contribution in [0.1, 0.15) is 36.8 Å². The van der Waals surface area contributed by atoms with Crippen molar-refractivity contribution in [3.63, 3.8) is 0 Å². The van der Waals surface area contributed by atoms with E-state index in [1.807, 2.05) is 6.07 Å². The zero-order chi connectivity index (χ0) is 19.1. The third kappa shape index (κ3) is 3.10. The Hall–Kier alpha value is -2.33. The molecule has 0 atom stereocenters. The van der Waals surface area contributed by atoms with E-state index >= 15 is 0 Å². The van der Waals surface area contributed by atoms with Crippen molar-refractivity contribution >= 4 is 11.6 Å². The Kier molecular flexibility index (Phi) is 4.39. The molecule has 3 aliphatic rings. The molecule has 0 unspecified atom stereocenters. The molecule has 0 aromatic heterocycles. The largest absolute Gasteiger partial charge is 0.497 e. The average Bonchev–Trinajstić information content (AvgIpc) is 3.54. The first-order valence-electron chi connectivity index (χ1n) is 10.4. The van der Waals surface area contributed by atoms with Gasteiger partial charge in [-0.3, -0.25) is 9.69 Å². The highest BCUT2D eigenvalue weighted by atomic mass is 16.5. The number of carbonyl (C=O) groups is 1. The van der Waals surface area contributed by atoms with Crippen molar-refractivity contribution in [2.45, 2.75) is 37.6 Å². The van der Waals surface area contributed by atoms with Crippen LogP contribution in [0.25, 0.3) is 0 Å². The lowest BCUT2D eigenvalue weighted by atomic mass is 9.74. The van der Waals surface area contributed by atoms with E-state index < -0.39 is 0 Å². The molecule has 0 N–H and O–H groups in total. The van der Waals surface area contributed by atoms with Crippen LogP contribution in [0.2, 0.25) is 0 Å². The number of methoxy groups -OCH3 is 1. The van der Waals surface area contributed by atoms with Gasteiger partial charge in [0.1, 0.15) is 5.75 Å². The van der Waals surface area contributed by atoms with Crippen molar-refractivity contribution < 1.29 is 9.53 Å². The van der Waals surface area contributed by atoms with Gasteiger partial charge in [-0.2, -0.15) is 0 Å². The summed E-state index contributed by atoms with van der Waals surface area (Å²) in [5.41, 5.74) is 3.88. The van der Waals surface area contributed by atoms with Gasteiger partial charge in [-0.1, -0.05) is 30.3 Å². The van der Waals surface area contributed by atoms with Crippen molar-refractivity contribution in [2.24, 2.45) is 5.92 Å². The lowest BCUT2D eigenvalue weighted by Gasteiger charge is -2.40. The van der Waals surface area contributed by atoms with Crippen LogP contribution in [-0.2, 0) is 16.8 Å². The number of amides is 1. The first-order valence-corrected chi connectivity index (χ1v) is 10.4. The molecule has 1 saturated carbocycles. The molecule has 4 nitrogen and oxygen atoms in total. The van der Waals surface area contributed by atoms with E-state index in [1.54, 1.807) is 7.11 Å². The molecule has 1 saturated heterocycles. The number of nitrogens with zero attached hydrogens (tertiary/aromatic N) is 2. The molecule has 4 heteroatoms. The smallest absolute Gasteiger partial charge is 0.230 e. The Balaban J connectivity index is 1.38. The Morgan fingerprint density at radius 3 is 2.54 bits per heavy atom. The molecule has 0 radical (unpaired) electrons. The van der Waals surface area contributed by atoms with E-state index in [-0.39, 0.29) is 11.3 Å². The van der Waals surface area contributed by atoms with Gasteiger partial charge in [0, 0.05) is 30.1 Å². The van der Waals surface area contributed by atoms with Gasteiger partial charge in [-0.25, -0.2) is 0 Å². The molecule has 2 aromatic carbocycles. The number of anilines is 1. The summed E-state index contributed by atoms with van der Waals surface area (Å²) in [6, 6.07) is 17.0. The zero-order valence-electron chi connectivity index (χ0n) is 16.6. The fourth-order valence-electron chi connectivity index (χ4n) is 4.93. The Bertz CT molecular complexity index is 867. The Labute approximate surface area is 167 Å². The van der Waals surface area contributed by atoms with Crippen LogP contribution < -0.4 is 9.64 Å². The van der Waals surface area contributed by atoms with Crippen LogP contribution in [0.15, 0.2) is 48.5 Å². The molecular formula is C24H28N2O2. The van der Waals surface area contributed by atoms with Gasteiger partial charge < -0.3 is 9.64 Å². The number of hydrogen-bond donors (Lipinski definition) is 0. The molecule has 2 fully saturated rings. The summed E-state index contributed by atoms with van der Waals surface area (Å²) in [7, 11) is 1.72. The van der Waals surface area contributed by atoms with Crippen LogP contribution >= 0.6 is 0 Å². The molecule has 2 aliphatic heterocycles. The number of ether oxygens (including phenoxy) is 1. The van der Waals surface area contributed by atoms with E-state index in [4.69, 9.17) is 4.74 Å². The summed E-state index contributed by atoms with van der Waals surface area (Å²) in [4.78, 5) is 17.6. The fraction of sp³-hybridized carbons (Fsp3) is 0.458. The predicted octanol–water partition coefficient (Wildman–Crippen LogP) is 3.99. The van der Waals surface area contributed by atoms with Gasteiger partial charge in [0.2, 0.25) is 5.91 Å². The van der Waals surface area contributed by atoms with Gasteiger partial charge in [-0.15, -0.1) is 0 Å². The molecule has 2 heterocycles. The highest BCUT2D eigenvalue weighted by Gasteiger charge is 2.48. The van der Waals surface area contributed by atoms with Crippen LogP contribution in [0.3, 0.4) is 0 Å². The number of rotatable bonds is 4. The van der Waals surface area contributed by atoms with E-state index in [1.165, 1.54) is 11.1 Å². The van der Waals surface area contributed by atoms with Crippen molar-refractivity contribution in [1.29, 1.82) is 0 Å². The molecule has 2 aromatic rings. The number of benzene rings is 2. The highest BCUT2D eigenvalue weighted by molar-refractivity contribution is 5.99. The molecule has 28 heavy (non-hydrogen) atoms. The van der Waals surface area contributed by atoms with E-state index in [9.17, 15) is 4.79 Å². The second kappa shape index (κ2) is 6.93. The van der Waals surface area contributed by atoms with E-state index in [0.717, 1.165) is 63.3 Å². The number of hydrogen-bond acceptors (Lipinski definition) is 3. The molecular weight excluding hydrogens is 348 g/mol. The van der Waals surface area contributed by atoms with Crippen LogP contribution in [0.4, 0.5) is 5.69 Å². The monoisotopic (exact) mass is 376 g/mol. The Morgan fingerprint density at radius 1 is 1.11 bits per heavy atom. The van der Waals surface area contributed by atoms with Gasteiger partial charge in [0.15, 0.2) is 0 Å². The number of fused-ring (bicyclic) bond motifs is 2. The SMILES string of the molecule is COc1ccc2c(c1)C1(CCN(Cc3ccccc3)CC1)CN2C(=O)C1CC1. The third-order valence-electron chi connectivity index (χ3n) is 6.78. The summed E-state index contributed by atoms with van der Waals surface area (Å²) in [5.74, 6) is 1.48. The molecule has 1 amide bonds. The summed E-state index contributed by atoms with van der Waals surface area (Å²) in [6.45, 7) is 3.98. The van der Waals surface area contributed by atoms with Gasteiger partial charge in [0.05, 0.1) is 7.11 Å². The minimum atomic E-state index is 0.0710. The number of piperidine rings is 1. The highest BCUT2D eigenvalue weighted by Crippen LogP contribution is 2.49. The van der Waals surface area contributed by atoms with Crippen LogP contribution in [0, 0.1) is 5.92 Å².